The van der Waals surface area contributed by atoms with Crippen LogP contribution in [0.1, 0.15) is 29.7 Å². The topological polar surface area (TPSA) is 72.3 Å². The molecule has 0 radical (unpaired) electrons. The Morgan fingerprint density at radius 1 is 1.09 bits per heavy atom. The molecular weight excluding hydrogens is 402 g/mol. The van der Waals surface area contributed by atoms with E-state index < -0.39 is 11.6 Å². The lowest BCUT2D eigenvalue weighted by molar-refractivity contribution is -0.916. The maximum atomic E-state index is 13.4. The van der Waals surface area contributed by atoms with E-state index >= 15 is 0 Å². The summed E-state index contributed by atoms with van der Waals surface area (Å²) in [4.78, 5) is 21.9. The summed E-state index contributed by atoms with van der Waals surface area (Å²) in [6.45, 7) is 2.63. The van der Waals surface area contributed by atoms with Gasteiger partial charge in [0.05, 0.1) is 25.8 Å². The van der Waals surface area contributed by atoms with Crippen molar-refractivity contribution in [2.75, 3.05) is 26.7 Å². The SMILES string of the molecule is C[N@+]1(CCc2cnccn2)CCCC(OC(=O)C(O)(c2ccccc2)c2ccccc2)C1. The van der Waals surface area contributed by atoms with Gasteiger partial charge >= 0.3 is 5.97 Å². The quantitative estimate of drug-likeness (QED) is 0.459. The molecule has 32 heavy (non-hydrogen) atoms. The molecule has 0 spiro atoms. The molecule has 1 aromatic heterocycles. The highest BCUT2D eigenvalue weighted by atomic mass is 16.6. The van der Waals surface area contributed by atoms with Crippen molar-refractivity contribution in [1.29, 1.82) is 0 Å². The van der Waals surface area contributed by atoms with E-state index in [4.69, 9.17) is 4.74 Å². The van der Waals surface area contributed by atoms with E-state index in [-0.39, 0.29) is 6.10 Å². The molecule has 3 aromatic rings. The Kier molecular flexibility index (Phi) is 6.63. The van der Waals surface area contributed by atoms with Crippen LogP contribution in [0.3, 0.4) is 0 Å². The Bertz CT molecular complexity index is 975. The van der Waals surface area contributed by atoms with Gasteiger partial charge in [-0.2, -0.15) is 0 Å². The number of piperidine rings is 1. The first-order valence-corrected chi connectivity index (χ1v) is 11.1. The highest BCUT2D eigenvalue weighted by Crippen LogP contribution is 2.32. The van der Waals surface area contributed by atoms with Gasteiger partial charge in [-0.25, -0.2) is 4.79 Å². The van der Waals surface area contributed by atoms with Gasteiger partial charge in [0.15, 0.2) is 6.10 Å². The summed E-state index contributed by atoms with van der Waals surface area (Å²) in [7, 11) is 2.19. The van der Waals surface area contributed by atoms with E-state index in [0.717, 1.165) is 42.5 Å². The standard InChI is InChI=1S/C26H30N3O3/c1-29(18-14-23-19-27-15-16-28-23)17-8-13-24(20-29)32-25(30)26(31,21-9-4-2-5-10-21)22-11-6-3-7-12-22/h2-7,9-12,15-16,19,24,31H,8,13-14,17-18,20H2,1H3/q+1/t24?,29-/m1/s1. The van der Waals surface area contributed by atoms with E-state index in [1.165, 1.54) is 0 Å². The van der Waals surface area contributed by atoms with Crippen LogP contribution >= 0.6 is 0 Å². The van der Waals surface area contributed by atoms with Crippen molar-refractivity contribution in [2.45, 2.75) is 31.0 Å². The minimum absolute atomic E-state index is 0.248. The summed E-state index contributed by atoms with van der Waals surface area (Å²) in [6.07, 6.45) is 7.52. The second kappa shape index (κ2) is 9.59. The average Bonchev–Trinajstić information content (AvgIpc) is 2.84. The van der Waals surface area contributed by atoms with E-state index in [9.17, 15) is 9.90 Å². The molecule has 2 heterocycles. The van der Waals surface area contributed by atoms with Gasteiger partial charge in [-0.15, -0.1) is 0 Å². The molecule has 0 bridgehead atoms. The van der Waals surface area contributed by atoms with E-state index in [2.05, 4.69) is 17.0 Å². The lowest BCUT2D eigenvalue weighted by Gasteiger charge is -2.41. The van der Waals surface area contributed by atoms with E-state index in [1.54, 1.807) is 42.9 Å². The Morgan fingerprint density at radius 3 is 2.34 bits per heavy atom. The van der Waals surface area contributed by atoms with Crippen LogP contribution in [0.2, 0.25) is 0 Å². The zero-order valence-corrected chi connectivity index (χ0v) is 18.4. The van der Waals surface area contributed by atoms with Gasteiger partial charge in [0.25, 0.3) is 0 Å². The van der Waals surface area contributed by atoms with Crippen LogP contribution in [-0.2, 0) is 21.6 Å². The summed E-state index contributed by atoms with van der Waals surface area (Å²) in [6, 6.07) is 18.0. The molecule has 166 valence electrons. The number of rotatable bonds is 7. The molecule has 6 nitrogen and oxygen atoms in total. The number of esters is 1. The Labute approximate surface area is 189 Å². The van der Waals surface area contributed by atoms with Crippen LogP contribution in [-0.4, -0.2) is 58.3 Å². The third kappa shape index (κ3) is 4.87. The highest BCUT2D eigenvalue weighted by Gasteiger charge is 2.44. The summed E-state index contributed by atoms with van der Waals surface area (Å²) in [5.74, 6) is -0.623. The number of hydrogen-bond acceptors (Lipinski definition) is 5. The second-order valence-corrected chi connectivity index (χ2v) is 8.81. The van der Waals surface area contributed by atoms with Gasteiger partial charge < -0.3 is 14.3 Å². The molecule has 2 aromatic carbocycles. The number of nitrogens with zero attached hydrogens (tertiary/aromatic N) is 3. The third-order valence-electron chi connectivity index (χ3n) is 6.35. The van der Waals surface area contributed by atoms with Crippen molar-refractivity contribution in [3.63, 3.8) is 0 Å². The predicted molar refractivity (Wildman–Crippen MR) is 122 cm³/mol. The number of aliphatic hydroxyl groups is 1. The number of carbonyl (C=O) groups excluding carboxylic acids is 1. The summed E-state index contributed by atoms with van der Waals surface area (Å²) in [5.41, 5.74) is 0.135. The smallest absolute Gasteiger partial charge is 0.348 e. The minimum atomic E-state index is -1.84. The van der Waals surface area contributed by atoms with Gasteiger partial charge in [-0.3, -0.25) is 9.97 Å². The number of ether oxygens (including phenoxy) is 1. The lowest BCUT2D eigenvalue weighted by Crippen LogP contribution is -2.55. The number of likely N-dealkylation sites (tertiary alicyclic amines) is 1. The molecule has 1 N–H and O–H groups in total. The van der Waals surface area contributed by atoms with Crippen LogP contribution < -0.4 is 0 Å². The van der Waals surface area contributed by atoms with Gasteiger partial charge in [-0.1, -0.05) is 60.7 Å². The zero-order chi connectivity index (χ0) is 22.4. The molecule has 1 saturated heterocycles. The summed E-state index contributed by atoms with van der Waals surface area (Å²) >= 11 is 0. The van der Waals surface area contributed by atoms with Crippen molar-refractivity contribution < 1.29 is 19.1 Å². The first kappa shape index (κ1) is 22.1. The fourth-order valence-electron chi connectivity index (χ4n) is 4.52. The lowest BCUT2D eigenvalue weighted by atomic mass is 9.86. The van der Waals surface area contributed by atoms with Crippen LogP contribution in [0.4, 0.5) is 0 Å². The van der Waals surface area contributed by atoms with Crippen LogP contribution in [0.25, 0.3) is 0 Å². The third-order valence-corrected chi connectivity index (χ3v) is 6.35. The largest absolute Gasteiger partial charge is 0.454 e. The highest BCUT2D eigenvalue weighted by molar-refractivity contribution is 5.85. The van der Waals surface area contributed by atoms with Crippen molar-refractivity contribution >= 4 is 5.97 Å². The number of quaternary nitrogens is 1. The number of likely N-dealkylation sites (N-methyl/N-ethyl adjacent to an activating group) is 1. The summed E-state index contributed by atoms with van der Waals surface area (Å²) in [5, 5.41) is 11.6. The van der Waals surface area contributed by atoms with Crippen molar-refractivity contribution in [3.8, 4) is 0 Å². The fourth-order valence-corrected chi connectivity index (χ4v) is 4.52. The van der Waals surface area contributed by atoms with Gasteiger partial charge in [0.2, 0.25) is 5.60 Å². The molecule has 6 heteroatoms. The molecule has 0 saturated carbocycles. The zero-order valence-electron chi connectivity index (χ0n) is 18.4. The molecule has 4 rings (SSSR count). The molecule has 1 aliphatic heterocycles. The van der Waals surface area contributed by atoms with E-state index in [0.29, 0.717) is 17.7 Å². The second-order valence-electron chi connectivity index (χ2n) is 8.81. The fraction of sp³-hybridized carbons (Fsp3) is 0.346. The van der Waals surface area contributed by atoms with Crippen LogP contribution in [0, 0.1) is 0 Å². The van der Waals surface area contributed by atoms with E-state index in [1.807, 2.05) is 36.4 Å². The van der Waals surface area contributed by atoms with Crippen molar-refractivity contribution in [3.05, 3.63) is 96.1 Å². The van der Waals surface area contributed by atoms with Gasteiger partial charge in [-0.05, 0) is 17.5 Å². The normalized spacial score (nSPS) is 21.1. The molecule has 0 amide bonds. The van der Waals surface area contributed by atoms with Crippen molar-refractivity contribution in [2.24, 2.45) is 0 Å². The first-order chi connectivity index (χ1) is 15.5. The number of carbonyl (C=O) groups is 1. The molecule has 0 aliphatic carbocycles. The first-order valence-electron chi connectivity index (χ1n) is 11.1. The average molecular weight is 433 g/mol. The molecule has 1 unspecified atom stereocenters. The molecular formula is C26H30N3O3+. The van der Waals surface area contributed by atoms with Gasteiger partial charge in [0.1, 0.15) is 6.54 Å². The maximum absolute atomic E-state index is 13.4. The number of hydrogen-bond donors (Lipinski definition) is 1. The molecule has 1 fully saturated rings. The number of aromatic nitrogens is 2. The molecule has 1 aliphatic rings. The van der Waals surface area contributed by atoms with Crippen molar-refractivity contribution in [1.82, 2.24) is 9.97 Å². The minimum Gasteiger partial charge on any atom is -0.454 e. The monoisotopic (exact) mass is 432 g/mol. The van der Waals surface area contributed by atoms with Gasteiger partial charge in [0, 0.05) is 31.4 Å². The Hall–Kier alpha value is -3.09. The van der Waals surface area contributed by atoms with Crippen LogP contribution in [0.5, 0.6) is 0 Å². The summed E-state index contributed by atoms with van der Waals surface area (Å²) < 4.78 is 6.78. The Balaban J connectivity index is 1.49. The number of benzene rings is 2. The Morgan fingerprint density at radius 2 is 1.75 bits per heavy atom. The van der Waals surface area contributed by atoms with Crippen LogP contribution in [0.15, 0.2) is 79.3 Å². The predicted octanol–water partition coefficient (Wildman–Crippen LogP) is 3.11. The molecule has 2 atom stereocenters. The maximum Gasteiger partial charge on any atom is 0.348 e.